The van der Waals surface area contributed by atoms with Gasteiger partial charge in [-0.05, 0) is 30.7 Å². The van der Waals surface area contributed by atoms with Crippen molar-refractivity contribution in [3.63, 3.8) is 0 Å². The zero-order valence-electron chi connectivity index (χ0n) is 15.4. The van der Waals surface area contributed by atoms with Crippen molar-refractivity contribution >= 4 is 5.91 Å². The van der Waals surface area contributed by atoms with Gasteiger partial charge in [-0.2, -0.15) is 0 Å². The molecular weight excluding hydrogens is 338 g/mol. The van der Waals surface area contributed by atoms with E-state index in [1.807, 2.05) is 61.5 Å². The van der Waals surface area contributed by atoms with E-state index >= 15 is 0 Å². The highest BCUT2D eigenvalue weighted by molar-refractivity contribution is 5.96. The molecule has 3 aromatic rings. The maximum Gasteiger partial charge on any atom is 0.255 e. The first-order valence-electron chi connectivity index (χ1n) is 9.07. The number of carbonyl (C=O) groups excluding carboxylic acids is 1. The van der Waals surface area contributed by atoms with Crippen LogP contribution in [-0.2, 0) is 0 Å². The van der Waals surface area contributed by atoms with Crippen LogP contribution in [0.1, 0.15) is 17.3 Å². The first-order valence-corrected chi connectivity index (χ1v) is 9.07. The van der Waals surface area contributed by atoms with Crippen LogP contribution in [0.5, 0.6) is 11.5 Å². The maximum atomic E-state index is 12.4. The van der Waals surface area contributed by atoms with Crippen molar-refractivity contribution in [1.82, 2.24) is 5.32 Å². The molecule has 0 bridgehead atoms. The van der Waals surface area contributed by atoms with Gasteiger partial charge in [0.25, 0.3) is 5.91 Å². The van der Waals surface area contributed by atoms with Gasteiger partial charge in [-0.15, -0.1) is 0 Å². The van der Waals surface area contributed by atoms with E-state index in [1.165, 1.54) is 0 Å². The lowest BCUT2D eigenvalue weighted by atomic mass is 10.1. The second-order valence-electron chi connectivity index (χ2n) is 5.90. The van der Waals surface area contributed by atoms with E-state index in [0.29, 0.717) is 31.1 Å². The molecule has 0 aliphatic carbocycles. The third-order valence-electron chi connectivity index (χ3n) is 4.05. The molecule has 0 heterocycles. The van der Waals surface area contributed by atoms with E-state index in [2.05, 4.69) is 17.4 Å². The summed E-state index contributed by atoms with van der Waals surface area (Å²) in [6, 6.07) is 25.2. The lowest BCUT2D eigenvalue weighted by molar-refractivity contribution is 0.0943. The molecule has 3 rings (SSSR count). The summed E-state index contributed by atoms with van der Waals surface area (Å²) >= 11 is 0. The molecular formula is C23H23NO3. The number of nitrogens with one attached hydrogen (secondary N) is 1. The smallest absolute Gasteiger partial charge is 0.255 e. The van der Waals surface area contributed by atoms with Crippen LogP contribution < -0.4 is 14.8 Å². The second-order valence-corrected chi connectivity index (χ2v) is 5.90. The summed E-state index contributed by atoms with van der Waals surface area (Å²) in [5.74, 6) is 1.22. The van der Waals surface area contributed by atoms with Crippen LogP contribution in [0.2, 0.25) is 0 Å². The van der Waals surface area contributed by atoms with E-state index in [9.17, 15) is 4.79 Å². The van der Waals surface area contributed by atoms with Gasteiger partial charge in [0.15, 0.2) is 0 Å². The highest BCUT2D eigenvalue weighted by atomic mass is 16.5. The number of benzene rings is 3. The van der Waals surface area contributed by atoms with Crippen molar-refractivity contribution < 1.29 is 14.3 Å². The number of para-hydroxylation sites is 2. The fourth-order valence-corrected chi connectivity index (χ4v) is 2.81. The minimum atomic E-state index is -0.168. The number of hydrogen-bond donors (Lipinski definition) is 1. The highest BCUT2D eigenvalue weighted by Crippen LogP contribution is 2.29. The van der Waals surface area contributed by atoms with Crippen LogP contribution in [0.4, 0.5) is 0 Å². The van der Waals surface area contributed by atoms with Gasteiger partial charge in [0.05, 0.1) is 18.7 Å². The number of carbonyl (C=O) groups is 1. The Morgan fingerprint density at radius 2 is 1.48 bits per heavy atom. The Hall–Kier alpha value is -3.27. The Bertz CT molecular complexity index is 878. The monoisotopic (exact) mass is 361 g/mol. The van der Waals surface area contributed by atoms with Crippen LogP contribution in [0.25, 0.3) is 11.1 Å². The SMILES string of the molecule is CCOc1ccccc1C(=O)NCCOc1ccccc1-c1ccccc1. The molecule has 0 atom stereocenters. The van der Waals surface area contributed by atoms with E-state index in [-0.39, 0.29) is 5.91 Å². The summed E-state index contributed by atoms with van der Waals surface area (Å²) in [6.45, 7) is 3.20. The number of ether oxygens (including phenoxy) is 2. The van der Waals surface area contributed by atoms with Gasteiger partial charge < -0.3 is 14.8 Å². The van der Waals surface area contributed by atoms with Gasteiger partial charge in [-0.3, -0.25) is 4.79 Å². The summed E-state index contributed by atoms with van der Waals surface area (Å²) in [6.07, 6.45) is 0. The molecule has 0 aliphatic rings. The summed E-state index contributed by atoms with van der Waals surface area (Å²) in [4.78, 5) is 12.4. The molecule has 0 saturated carbocycles. The molecule has 0 aromatic heterocycles. The van der Waals surface area contributed by atoms with Crippen LogP contribution in [0.15, 0.2) is 78.9 Å². The number of hydrogen-bond acceptors (Lipinski definition) is 3. The summed E-state index contributed by atoms with van der Waals surface area (Å²) in [7, 11) is 0. The van der Waals surface area contributed by atoms with Gasteiger partial charge in [-0.1, -0.05) is 60.7 Å². The lowest BCUT2D eigenvalue weighted by Gasteiger charge is -2.13. The third-order valence-corrected chi connectivity index (χ3v) is 4.05. The Balaban J connectivity index is 1.58. The molecule has 0 saturated heterocycles. The van der Waals surface area contributed by atoms with Gasteiger partial charge in [0, 0.05) is 5.56 Å². The van der Waals surface area contributed by atoms with Crippen molar-refractivity contribution in [3.05, 3.63) is 84.4 Å². The van der Waals surface area contributed by atoms with Gasteiger partial charge in [0.2, 0.25) is 0 Å². The van der Waals surface area contributed by atoms with Crippen molar-refractivity contribution in [2.24, 2.45) is 0 Å². The fraction of sp³-hybridized carbons (Fsp3) is 0.174. The van der Waals surface area contributed by atoms with Crippen LogP contribution >= 0.6 is 0 Å². The van der Waals surface area contributed by atoms with E-state index in [0.717, 1.165) is 16.9 Å². The first kappa shape index (κ1) is 18.5. The minimum Gasteiger partial charge on any atom is -0.493 e. The molecule has 4 heteroatoms. The summed E-state index contributed by atoms with van der Waals surface area (Å²) < 4.78 is 11.4. The molecule has 0 radical (unpaired) electrons. The molecule has 4 nitrogen and oxygen atoms in total. The average Bonchev–Trinajstić information content (AvgIpc) is 2.72. The third kappa shape index (κ3) is 4.88. The molecule has 3 aromatic carbocycles. The van der Waals surface area contributed by atoms with Crippen molar-refractivity contribution in [2.75, 3.05) is 19.8 Å². The predicted octanol–water partition coefficient (Wildman–Crippen LogP) is 4.56. The first-order chi connectivity index (χ1) is 13.3. The molecule has 0 fully saturated rings. The van der Waals surface area contributed by atoms with E-state index in [1.54, 1.807) is 12.1 Å². The standard InChI is InChI=1S/C23H23NO3/c1-2-26-22-15-9-7-13-20(22)23(25)24-16-17-27-21-14-8-6-12-19(21)18-10-4-3-5-11-18/h3-15H,2,16-17H2,1H3,(H,24,25). The number of amides is 1. The quantitative estimate of drug-likeness (QED) is 0.598. The summed E-state index contributed by atoms with van der Waals surface area (Å²) in [5, 5.41) is 2.88. The minimum absolute atomic E-state index is 0.168. The maximum absolute atomic E-state index is 12.4. The molecule has 0 unspecified atom stereocenters. The second kappa shape index (κ2) is 9.43. The van der Waals surface area contributed by atoms with Crippen LogP contribution in [-0.4, -0.2) is 25.7 Å². The topological polar surface area (TPSA) is 47.6 Å². The van der Waals surface area contributed by atoms with Crippen molar-refractivity contribution in [2.45, 2.75) is 6.92 Å². The predicted molar refractivity (Wildman–Crippen MR) is 107 cm³/mol. The Labute approximate surface area is 159 Å². The molecule has 0 spiro atoms. The van der Waals surface area contributed by atoms with Crippen molar-refractivity contribution in [3.8, 4) is 22.6 Å². The van der Waals surface area contributed by atoms with E-state index < -0.39 is 0 Å². The molecule has 1 amide bonds. The fourth-order valence-electron chi connectivity index (χ4n) is 2.81. The van der Waals surface area contributed by atoms with Crippen molar-refractivity contribution in [1.29, 1.82) is 0 Å². The normalized spacial score (nSPS) is 10.3. The molecule has 0 aliphatic heterocycles. The molecule has 138 valence electrons. The van der Waals surface area contributed by atoms with E-state index in [4.69, 9.17) is 9.47 Å². The van der Waals surface area contributed by atoms with Gasteiger partial charge in [0.1, 0.15) is 18.1 Å². The Morgan fingerprint density at radius 1 is 0.815 bits per heavy atom. The van der Waals surface area contributed by atoms with Crippen LogP contribution in [0.3, 0.4) is 0 Å². The Kier molecular flexibility index (Phi) is 6.47. The largest absolute Gasteiger partial charge is 0.493 e. The van der Waals surface area contributed by atoms with Gasteiger partial charge in [-0.25, -0.2) is 0 Å². The number of rotatable bonds is 8. The van der Waals surface area contributed by atoms with Crippen LogP contribution in [0, 0.1) is 0 Å². The molecule has 27 heavy (non-hydrogen) atoms. The van der Waals surface area contributed by atoms with Gasteiger partial charge >= 0.3 is 0 Å². The lowest BCUT2D eigenvalue weighted by Crippen LogP contribution is -2.28. The average molecular weight is 361 g/mol. The Morgan fingerprint density at radius 3 is 2.26 bits per heavy atom. The summed E-state index contributed by atoms with van der Waals surface area (Å²) in [5.41, 5.74) is 2.66. The zero-order chi connectivity index (χ0) is 18.9. The molecule has 1 N–H and O–H groups in total. The highest BCUT2D eigenvalue weighted by Gasteiger charge is 2.11. The zero-order valence-corrected chi connectivity index (χ0v) is 15.4.